The van der Waals surface area contributed by atoms with E-state index in [1.54, 1.807) is 12.1 Å². The number of hydrogen-bond donors (Lipinski definition) is 4. The van der Waals surface area contributed by atoms with Crippen molar-refractivity contribution in [3.63, 3.8) is 0 Å². The van der Waals surface area contributed by atoms with E-state index < -0.39 is 0 Å². The number of H-pyrrole nitrogens is 2. The average molecular weight is 314 g/mol. The molecule has 24 heavy (non-hydrogen) atoms. The first-order valence-corrected chi connectivity index (χ1v) is 7.47. The summed E-state index contributed by atoms with van der Waals surface area (Å²) in [6.07, 6.45) is 0.626. The Balaban J connectivity index is 1.68. The lowest BCUT2D eigenvalue weighted by atomic mass is 10.2. The van der Waals surface area contributed by atoms with Crippen LogP contribution in [-0.2, 0) is 6.42 Å². The highest BCUT2D eigenvalue weighted by molar-refractivity contribution is 5.97. The smallest absolute Gasteiger partial charge is 0.122 e. The number of amidine groups is 1. The quantitative estimate of drug-likeness (QED) is 0.344. The summed E-state index contributed by atoms with van der Waals surface area (Å²) in [5.74, 6) is 0.870. The van der Waals surface area contributed by atoms with E-state index in [1.807, 2.05) is 30.3 Å². The molecule has 0 saturated carbocycles. The number of nitrogens with two attached hydrogens (primary N) is 1. The molecule has 0 spiro atoms. The number of nitrogens with one attached hydrogen (secondary N) is 3. The van der Waals surface area contributed by atoms with E-state index in [0.29, 0.717) is 17.5 Å². The number of benzene rings is 2. The number of hydrogen-bond acceptors (Lipinski definition) is 3. The molecule has 2 aromatic carbocycles. The van der Waals surface area contributed by atoms with Crippen LogP contribution in [0.3, 0.4) is 0 Å². The van der Waals surface area contributed by atoms with Crippen molar-refractivity contribution in [1.82, 2.24) is 15.0 Å². The van der Waals surface area contributed by atoms with Crippen molar-refractivity contribution >= 4 is 27.8 Å². The normalized spacial score (nSPS) is 11.0. The first kappa shape index (κ1) is 14.0. The average Bonchev–Trinajstić information content (AvgIpc) is 3.15. The molecule has 6 heteroatoms. The highest BCUT2D eigenvalue weighted by Gasteiger charge is 2.08. The molecule has 0 unspecified atom stereocenters. The second kappa shape index (κ2) is 5.25. The Labute approximate surface area is 137 Å². The Morgan fingerprint density at radius 2 is 2.00 bits per heavy atom. The zero-order valence-corrected chi connectivity index (χ0v) is 12.7. The number of nitrogens with zero attached hydrogens (tertiary/aromatic N) is 2. The van der Waals surface area contributed by atoms with E-state index in [4.69, 9.17) is 16.4 Å². The molecule has 2 aromatic heterocycles. The topological polar surface area (TPSA) is 118 Å². The predicted molar refractivity (Wildman–Crippen MR) is 92.9 cm³/mol. The van der Waals surface area contributed by atoms with Crippen molar-refractivity contribution in [1.29, 1.82) is 10.7 Å². The first-order chi connectivity index (χ1) is 11.6. The molecule has 0 amide bonds. The van der Waals surface area contributed by atoms with Gasteiger partial charge in [-0.25, -0.2) is 4.98 Å². The number of rotatable bonds is 3. The minimum atomic E-state index is 0.0389. The Kier molecular flexibility index (Phi) is 3.07. The highest BCUT2D eigenvalue weighted by atomic mass is 14.9. The van der Waals surface area contributed by atoms with E-state index in [-0.39, 0.29) is 5.84 Å². The molecule has 2 heterocycles. The number of nitrogen functional groups attached to an aromatic ring is 1. The second-order valence-electron chi connectivity index (χ2n) is 5.71. The Morgan fingerprint density at radius 3 is 2.79 bits per heavy atom. The van der Waals surface area contributed by atoms with Crippen molar-refractivity contribution in [2.24, 2.45) is 5.73 Å². The van der Waals surface area contributed by atoms with Crippen LogP contribution in [0.1, 0.15) is 22.6 Å². The van der Waals surface area contributed by atoms with Gasteiger partial charge in [0.05, 0.1) is 22.7 Å². The fourth-order valence-corrected chi connectivity index (χ4v) is 2.85. The Bertz CT molecular complexity index is 1130. The van der Waals surface area contributed by atoms with Crippen LogP contribution in [0.25, 0.3) is 21.9 Å². The molecule has 0 atom stereocenters. The lowest BCUT2D eigenvalue weighted by Crippen LogP contribution is -2.10. The van der Waals surface area contributed by atoms with Crippen LogP contribution in [-0.4, -0.2) is 20.8 Å². The SMILES string of the molecule is N#Cc1ccc2[nH]c(Cc3nc4ccc(C(=N)N)cc4[nH]3)cc2c1. The molecule has 0 saturated heterocycles. The Morgan fingerprint density at radius 1 is 1.12 bits per heavy atom. The summed E-state index contributed by atoms with van der Waals surface area (Å²) in [4.78, 5) is 11.2. The van der Waals surface area contributed by atoms with E-state index in [2.05, 4.69) is 21.0 Å². The van der Waals surface area contributed by atoms with Gasteiger partial charge in [0.25, 0.3) is 0 Å². The molecular weight excluding hydrogens is 300 g/mol. The predicted octanol–water partition coefficient (Wildman–Crippen LogP) is 2.79. The molecule has 0 bridgehead atoms. The summed E-state index contributed by atoms with van der Waals surface area (Å²) in [6, 6.07) is 15.2. The fourth-order valence-electron chi connectivity index (χ4n) is 2.85. The van der Waals surface area contributed by atoms with Gasteiger partial charge in [0.15, 0.2) is 0 Å². The van der Waals surface area contributed by atoms with Crippen LogP contribution in [0.15, 0.2) is 42.5 Å². The van der Waals surface area contributed by atoms with Gasteiger partial charge in [-0.3, -0.25) is 5.41 Å². The van der Waals surface area contributed by atoms with Gasteiger partial charge in [0, 0.05) is 28.6 Å². The summed E-state index contributed by atoms with van der Waals surface area (Å²) in [6.45, 7) is 0. The van der Waals surface area contributed by atoms with Crippen molar-refractivity contribution in [2.75, 3.05) is 0 Å². The standard InChI is InChI=1S/C18H14N6/c19-9-10-1-3-14-12(5-10)6-13(22-14)8-17-23-15-4-2-11(18(20)21)7-16(15)24-17/h1-7,22H,8H2,(H3,20,21)(H,23,24). The number of imidazole rings is 1. The van der Waals surface area contributed by atoms with Gasteiger partial charge >= 0.3 is 0 Å². The molecule has 0 aliphatic heterocycles. The monoisotopic (exact) mass is 314 g/mol. The largest absolute Gasteiger partial charge is 0.384 e. The third-order valence-electron chi connectivity index (χ3n) is 4.01. The van der Waals surface area contributed by atoms with Crippen molar-refractivity contribution < 1.29 is 0 Å². The molecular formula is C18H14N6. The minimum absolute atomic E-state index is 0.0389. The first-order valence-electron chi connectivity index (χ1n) is 7.47. The molecule has 116 valence electrons. The number of aromatic nitrogens is 3. The summed E-state index contributed by atoms with van der Waals surface area (Å²) in [5.41, 5.74) is 10.6. The van der Waals surface area contributed by atoms with Crippen LogP contribution in [0.2, 0.25) is 0 Å². The van der Waals surface area contributed by atoms with E-state index >= 15 is 0 Å². The zero-order chi connectivity index (χ0) is 16.7. The van der Waals surface area contributed by atoms with Gasteiger partial charge in [-0.05, 0) is 42.5 Å². The molecule has 0 fully saturated rings. The number of nitriles is 1. The second-order valence-corrected chi connectivity index (χ2v) is 5.71. The zero-order valence-electron chi connectivity index (χ0n) is 12.7. The molecule has 4 aromatic rings. The van der Waals surface area contributed by atoms with E-state index in [0.717, 1.165) is 33.5 Å². The summed E-state index contributed by atoms with van der Waals surface area (Å²) in [5, 5.41) is 17.5. The lowest BCUT2D eigenvalue weighted by Gasteiger charge is -1.96. The minimum Gasteiger partial charge on any atom is -0.384 e. The van der Waals surface area contributed by atoms with Crippen molar-refractivity contribution in [2.45, 2.75) is 6.42 Å². The van der Waals surface area contributed by atoms with Crippen LogP contribution in [0.5, 0.6) is 0 Å². The maximum absolute atomic E-state index is 8.98. The summed E-state index contributed by atoms with van der Waals surface area (Å²) >= 11 is 0. The maximum Gasteiger partial charge on any atom is 0.122 e. The third-order valence-corrected chi connectivity index (χ3v) is 4.01. The summed E-state index contributed by atoms with van der Waals surface area (Å²) in [7, 11) is 0. The van der Waals surface area contributed by atoms with Gasteiger partial charge < -0.3 is 15.7 Å². The van der Waals surface area contributed by atoms with Gasteiger partial charge in [-0.2, -0.15) is 5.26 Å². The van der Waals surface area contributed by atoms with Crippen molar-refractivity contribution in [3.8, 4) is 6.07 Å². The van der Waals surface area contributed by atoms with E-state index in [1.165, 1.54) is 0 Å². The van der Waals surface area contributed by atoms with Crippen LogP contribution >= 0.6 is 0 Å². The molecule has 4 rings (SSSR count). The van der Waals surface area contributed by atoms with Crippen molar-refractivity contribution in [3.05, 3.63) is 65.1 Å². The Hall–Kier alpha value is -3.59. The summed E-state index contributed by atoms with van der Waals surface area (Å²) < 4.78 is 0. The van der Waals surface area contributed by atoms with Gasteiger partial charge in [-0.15, -0.1) is 0 Å². The van der Waals surface area contributed by atoms with Crippen LogP contribution in [0, 0.1) is 16.7 Å². The molecule has 0 aliphatic carbocycles. The van der Waals surface area contributed by atoms with Crippen LogP contribution in [0.4, 0.5) is 0 Å². The highest BCUT2D eigenvalue weighted by Crippen LogP contribution is 2.20. The molecule has 0 radical (unpaired) electrons. The molecule has 6 nitrogen and oxygen atoms in total. The van der Waals surface area contributed by atoms with Gasteiger partial charge in [0.2, 0.25) is 0 Å². The maximum atomic E-state index is 8.98. The fraction of sp³-hybridized carbons (Fsp3) is 0.0556. The number of aromatic amines is 2. The third kappa shape index (κ3) is 2.38. The molecule has 5 N–H and O–H groups in total. The van der Waals surface area contributed by atoms with Gasteiger partial charge in [-0.1, -0.05) is 0 Å². The van der Waals surface area contributed by atoms with Crippen LogP contribution < -0.4 is 5.73 Å². The van der Waals surface area contributed by atoms with Gasteiger partial charge in [0.1, 0.15) is 11.7 Å². The molecule has 0 aliphatic rings. The number of fused-ring (bicyclic) bond motifs is 2. The van der Waals surface area contributed by atoms with E-state index in [9.17, 15) is 0 Å². The lowest BCUT2D eigenvalue weighted by molar-refractivity contribution is 1.01.